The maximum Gasteiger partial charge on any atom is 0.344 e. The molecule has 0 radical (unpaired) electrons. The number of carbonyl (C=O) groups is 1. The van der Waals surface area contributed by atoms with E-state index >= 15 is 0 Å². The maximum atomic E-state index is 13.2. The molecule has 0 aliphatic rings. The summed E-state index contributed by atoms with van der Waals surface area (Å²) in [5.41, 5.74) is 4.82. The zero-order valence-corrected chi connectivity index (χ0v) is 16.1. The molecule has 0 amide bonds. The van der Waals surface area contributed by atoms with E-state index in [9.17, 15) is 9.18 Å². The summed E-state index contributed by atoms with van der Waals surface area (Å²) in [5.74, 6) is -0.686. The van der Waals surface area contributed by atoms with Crippen molar-refractivity contribution < 1.29 is 13.9 Å². The van der Waals surface area contributed by atoms with Crippen LogP contribution in [0.5, 0.6) is 5.88 Å². The molecule has 0 saturated carbocycles. The summed E-state index contributed by atoms with van der Waals surface area (Å²) in [7, 11) is 0. The number of hydrogen-bond acceptors (Lipinski definition) is 3. The Morgan fingerprint density at radius 2 is 1.66 bits per heavy atom. The van der Waals surface area contributed by atoms with E-state index in [0.29, 0.717) is 11.6 Å². The summed E-state index contributed by atoms with van der Waals surface area (Å²) in [6.07, 6.45) is 0. The van der Waals surface area contributed by atoms with Crippen molar-refractivity contribution >= 4 is 5.97 Å². The molecule has 0 aliphatic heterocycles. The molecular formula is C24H19FN2O2. The van der Waals surface area contributed by atoms with Crippen molar-refractivity contribution in [2.45, 2.75) is 13.8 Å². The molecule has 0 spiro atoms. The van der Waals surface area contributed by atoms with E-state index in [2.05, 4.69) is 5.10 Å². The van der Waals surface area contributed by atoms with Crippen LogP contribution in [0.15, 0.2) is 78.9 Å². The molecule has 1 heterocycles. The van der Waals surface area contributed by atoms with Gasteiger partial charge < -0.3 is 4.74 Å². The van der Waals surface area contributed by atoms with Gasteiger partial charge in [0.15, 0.2) is 0 Å². The first kappa shape index (κ1) is 18.6. The highest BCUT2D eigenvalue weighted by molar-refractivity contribution is 5.91. The Bertz CT molecular complexity index is 1170. The quantitative estimate of drug-likeness (QED) is 0.434. The van der Waals surface area contributed by atoms with Gasteiger partial charge in [-0.1, -0.05) is 48.0 Å². The van der Waals surface area contributed by atoms with E-state index in [1.54, 1.807) is 10.7 Å². The lowest BCUT2D eigenvalue weighted by Gasteiger charge is -2.11. The van der Waals surface area contributed by atoms with Gasteiger partial charge in [0, 0.05) is 11.6 Å². The van der Waals surface area contributed by atoms with Crippen LogP contribution in [0.2, 0.25) is 0 Å². The molecule has 4 rings (SSSR count). The standard InChI is InChI=1S/C24H19FN2O2/c1-16-8-13-22(17(2)14-16)27-23(15-21(26-27)18-6-4-3-5-7-18)29-24(28)19-9-11-20(25)12-10-19/h3-15H,1-2H3. The van der Waals surface area contributed by atoms with Crippen molar-refractivity contribution in [1.29, 1.82) is 0 Å². The van der Waals surface area contributed by atoms with Crippen LogP contribution in [-0.4, -0.2) is 15.7 Å². The molecule has 144 valence electrons. The lowest BCUT2D eigenvalue weighted by atomic mass is 10.1. The Morgan fingerprint density at radius 3 is 2.34 bits per heavy atom. The minimum atomic E-state index is -0.574. The van der Waals surface area contributed by atoms with Gasteiger partial charge in [0.05, 0.1) is 16.9 Å². The van der Waals surface area contributed by atoms with Gasteiger partial charge in [-0.3, -0.25) is 0 Å². The van der Waals surface area contributed by atoms with Crippen molar-refractivity contribution in [3.63, 3.8) is 0 Å². The number of aromatic nitrogens is 2. The molecule has 1 aromatic heterocycles. The molecule has 0 bridgehead atoms. The Kier molecular flexibility index (Phi) is 4.96. The summed E-state index contributed by atoms with van der Waals surface area (Å²) < 4.78 is 20.4. The number of benzene rings is 3. The molecular weight excluding hydrogens is 367 g/mol. The Morgan fingerprint density at radius 1 is 0.931 bits per heavy atom. The average molecular weight is 386 g/mol. The Hall–Kier alpha value is -3.73. The van der Waals surface area contributed by atoms with Gasteiger partial charge in [0.25, 0.3) is 0 Å². The van der Waals surface area contributed by atoms with Crippen molar-refractivity contribution in [1.82, 2.24) is 9.78 Å². The first-order valence-electron chi connectivity index (χ1n) is 9.22. The van der Waals surface area contributed by atoms with Crippen molar-refractivity contribution in [2.75, 3.05) is 0 Å². The monoisotopic (exact) mass is 386 g/mol. The minimum absolute atomic E-state index is 0.265. The van der Waals surface area contributed by atoms with Crippen LogP contribution >= 0.6 is 0 Å². The predicted octanol–water partition coefficient (Wildman–Crippen LogP) is 5.51. The normalized spacial score (nSPS) is 10.7. The van der Waals surface area contributed by atoms with E-state index in [0.717, 1.165) is 22.4 Å². The second-order valence-electron chi connectivity index (χ2n) is 6.83. The van der Waals surface area contributed by atoms with E-state index in [1.807, 2.05) is 62.4 Å². The van der Waals surface area contributed by atoms with Gasteiger partial charge in [0.2, 0.25) is 5.88 Å². The zero-order chi connectivity index (χ0) is 20.4. The second kappa shape index (κ2) is 7.72. The van der Waals surface area contributed by atoms with Gasteiger partial charge in [-0.15, -0.1) is 0 Å². The first-order chi connectivity index (χ1) is 14.0. The smallest absolute Gasteiger partial charge is 0.344 e. The molecule has 4 nitrogen and oxygen atoms in total. The number of halogens is 1. The second-order valence-corrected chi connectivity index (χ2v) is 6.83. The van der Waals surface area contributed by atoms with Crippen LogP contribution < -0.4 is 4.74 Å². The number of aryl methyl sites for hydroxylation is 2. The summed E-state index contributed by atoms with van der Waals surface area (Å²) in [4.78, 5) is 12.6. The van der Waals surface area contributed by atoms with Crippen LogP contribution in [0.25, 0.3) is 16.9 Å². The average Bonchev–Trinajstić information content (AvgIpc) is 3.12. The van der Waals surface area contributed by atoms with Crippen LogP contribution in [0.1, 0.15) is 21.5 Å². The summed E-state index contributed by atoms with van der Waals surface area (Å²) >= 11 is 0. The van der Waals surface area contributed by atoms with Gasteiger partial charge in [-0.25, -0.2) is 9.18 Å². The van der Waals surface area contributed by atoms with Gasteiger partial charge in [-0.2, -0.15) is 9.78 Å². The third-order valence-corrected chi connectivity index (χ3v) is 4.60. The number of rotatable bonds is 4. The highest BCUT2D eigenvalue weighted by Crippen LogP contribution is 2.28. The maximum absolute atomic E-state index is 13.2. The van der Waals surface area contributed by atoms with Gasteiger partial charge in [0.1, 0.15) is 5.82 Å². The molecule has 29 heavy (non-hydrogen) atoms. The SMILES string of the molecule is Cc1ccc(-n2nc(-c3ccccc3)cc2OC(=O)c2ccc(F)cc2)c(C)c1. The summed E-state index contributed by atoms with van der Waals surface area (Å²) in [6, 6.07) is 22.6. The van der Waals surface area contributed by atoms with Crippen LogP contribution in [0.4, 0.5) is 4.39 Å². The Labute approximate surface area is 168 Å². The molecule has 5 heteroatoms. The van der Waals surface area contributed by atoms with Crippen molar-refractivity contribution in [3.8, 4) is 22.8 Å². The van der Waals surface area contributed by atoms with E-state index < -0.39 is 11.8 Å². The number of ether oxygens (including phenoxy) is 1. The molecule has 0 saturated heterocycles. The van der Waals surface area contributed by atoms with Crippen LogP contribution in [-0.2, 0) is 0 Å². The molecule has 0 atom stereocenters. The van der Waals surface area contributed by atoms with Crippen molar-refractivity contribution in [3.05, 3.63) is 101 Å². The number of nitrogens with zero attached hydrogens (tertiary/aromatic N) is 2. The summed E-state index contributed by atoms with van der Waals surface area (Å²) in [6.45, 7) is 4.00. The van der Waals surface area contributed by atoms with E-state index in [-0.39, 0.29) is 5.56 Å². The highest BCUT2D eigenvalue weighted by atomic mass is 19.1. The third kappa shape index (κ3) is 3.94. The van der Waals surface area contributed by atoms with Crippen LogP contribution in [0.3, 0.4) is 0 Å². The lowest BCUT2D eigenvalue weighted by Crippen LogP contribution is -2.12. The molecule has 0 N–H and O–H groups in total. The van der Waals surface area contributed by atoms with Crippen molar-refractivity contribution in [2.24, 2.45) is 0 Å². The lowest BCUT2D eigenvalue weighted by molar-refractivity contribution is 0.0723. The number of esters is 1. The minimum Gasteiger partial charge on any atom is -0.404 e. The number of hydrogen-bond donors (Lipinski definition) is 0. The predicted molar refractivity (Wildman–Crippen MR) is 110 cm³/mol. The molecule has 0 unspecified atom stereocenters. The topological polar surface area (TPSA) is 44.1 Å². The Balaban J connectivity index is 1.77. The van der Waals surface area contributed by atoms with Crippen LogP contribution in [0, 0.1) is 19.7 Å². The van der Waals surface area contributed by atoms with Gasteiger partial charge in [-0.05, 0) is 49.7 Å². The molecule has 0 aliphatic carbocycles. The molecule has 4 aromatic rings. The molecule has 0 fully saturated rings. The summed E-state index contributed by atoms with van der Waals surface area (Å²) in [5, 5.41) is 4.68. The molecule has 3 aromatic carbocycles. The fraction of sp³-hybridized carbons (Fsp3) is 0.0833. The number of carbonyl (C=O) groups excluding carboxylic acids is 1. The fourth-order valence-corrected chi connectivity index (χ4v) is 3.14. The van der Waals surface area contributed by atoms with E-state index in [1.165, 1.54) is 24.3 Å². The largest absolute Gasteiger partial charge is 0.404 e. The third-order valence-electron chi connectivity index (χ3n) is 4.60. The van der Waals surface area contributed by atoms with E-state index in [4.69, 9.17) is 4.74 Å². The first-order valence-corrected chi connectivity index (χ1v) is 9.22. The highest BCUT2D eigenvalue weighted by Gasteiger charge is 2.18. The fourth-order valence-electron chi connectivity index (χ4n) is 3.14. The zero-order valence-electron chi connectivity index (χ0n) is 16.1. The van der Waals surface area contributed by atoms with Gasteiger partial charge >= 0.3 is 5.97 Å².